The van der Waals surface area contributed by atoms with Crippen LogP contribution in [0.4, 0.5) is 0 Å². The summed E-state index contributed by atoms with van der Waals surface area (Å²) in [6.45, 7) is 5.25. The highest BCUT2D eigenvalue weighted by molar-refractivity contribution is 7.71. The zero-order valence-corrected chi connectivity index (χ0v) is 12.9. The van der Waals surface area contributed by atoms with Crippen molar-refractivity contribution in [3.63, 3.8) is 0 Å². The first-order valence-electron chi connectivity index (χ1n) is 6.80. The van der Waals surface area contributed by atoms with Gasteiger partial charge in [0.2, 0.25) is 4.77 Å². The summed E-state index contributed by atoms with van der Waals surface area (Å²) in [6.07, 6.45) is 4.16. The van der Waals surface area contributed by atoms with Gasteiger partial charge in [-0.2, -0.15) is 14.9 Å². The lowest BCUT2D eigenvalue weighted by Gasteiger charge is -2.11. The van der Waals surface area contributed by atoms with Gasteiger partial charge in [0.15, 0.2) is 11.5 Å². The van der Waals surface area contributed by atoms with Gasteiger partial charge in [-0.1, -0.05) is 6.92 Å². The second-order valence-electron chi connectivity index (χ2n) is 4.24. The Morgan fingerprint density at radius 1 is 1.33 bits per heavy atom. The van der Waals surface area contributed by atoms with Crippen molar-refractivity contribution < 1.29 is 9.47 Å². The van der Waals surface area contributed by atoms with Gasteiger partial charge < -0.3 is 9.47 Å². The Hall–Kier alpha value is -2.15. The van der Waals surface area contributed by atoms with E-state index in [1.807, 2.05) is 25.1 Å². The van der Waals surface area contributed by atoms with Crippen molar-refractivity contribution in [2.75, 3.05) is 13.2 Å². The lowest BCUT2D eigenvalue weighted by atomic mass is 10.2. The molecule has 2 aromatic rings. The van der Waals surface area contributed by atoms with Gasteiger partial charge in [0.1, 0.15) is 6.33 Å². The normalized spacial score (nSPS) is 11.0. The molecule has 0 aliphatic carbocycles. The maximum atomic E-state index is 5.66. The Bertz CT molecular complexity index is 663. The van der Waals surface area contributed by atoms with E-state index in [1.165, 1.54) is 11.0 Å². The summed E-state index contributed by atoms with van der Waals surface area (Å²) in [5, 5.41) is 10.7. The van der Waals surface area contributed by atoms with Crippen molar-refractivity contribution in [3.8, 4) is 11.5 Å². The number of rotatable bonds is 7. The van der Waals surface area contributed by atoms with Crippen molar-refractivity contribution in [3.05, 3.63) is 34.9 Å². The molecule has 0 radical (unpaired) electrons. The summed E-state index contributed by atoms with van der Waals surface area (Å²) < 4.78 is 13.2. The fourth-order valence-electron chi connectivity index (χ4n) is 1.66. The second kappa shape index (κ2) is 7.58. The maximum Gasteiger partial charge on any atom is 0.216 e. The smallest absolute Gasteiger partial charge is 0.216 e. The van der Waals surface area contributed by atoms with Crippen molar-refractivity contribution >= 4 is 18.4 Å². The van der Waals surface area contributed by atoms with Crippen molar-refractivity contribution in [2.24, 2.45) is 5.10 Å². The molecule has 7 heteroatoms. The van der Waals surface area contributed by atoms with Gasteiger partial charge >= 0.3 is 0 Å². The van der Waals surface area contributed by atoms with Crippen LogP contribution in [0.15, 0.2) is 29.6 Å². The fourth-order valence-corrected chi connectivity index (χ4v) is 1.81. The average Bonchev–Trinajstić information content (AvgIpc) is 2.90. The molecular formula is C14H18N4O2S. The summed E-state index contributed by atoms with van der Waals surface area (Å²) in [7, 11) is 0. The van der Waals surface area contributed by atoms with E-state index >= 15 is 0 Å². The summed E-state index contributed by atoms with van der Waals surface area (Å²) in [5.74, 6) is 1.46. The lowest BCUT2D eigenvalue weighted by molar-refractivity contribution is 0.277. The van der Waals surface area contributed by atoms with Crippen molar-refractivity contribution in [1.82, 2.24) is 14.9 Å². The first-order valence-corrected chi connectivity index (χ1v) is 7.21. The number of benzene rings is 1. The van der Waals surface area contributed by atoms with Crippen molar-refractivity contribution in [2.45, 2.75) is 20.3 Å². The van der Waals surface area contributed by atoms with Crippen LogP contribution in [-0.4, -0.2) is 34.3 Å². The number of aromatic amines is 1. The average molecular weight is 306 g/mol. The second-order valence-corrected chi connectivity index (χ2v) is 4.63. The van der Waals surface area contributed by atoms with Crippen LogP contribution in [0.5, 0.6) is 11.5 Å². The summed E-state index contributed by atoms with van der Waals surface area (Å²) >= 11 is 5.02. The number of aromatic nitrogens is 3. The standard InChI is InChI=1S/C14H18N4O2S/c1-3-7-20-12-6-5-11(8-13(12)19-4-2)9-16-18-10-15-17-14(18)21/h5-6,8-10H,3-4,7H2,1-2H3,(H,17,21)/b16-9+. The van der Waals surface area contributed by atoms with Crippen LogP contribution in [0, 0.1) is 4.77 Å². The number of nitrogens with zero attached hydrogens (tertiary/aromatic N) is 3. The van der Waals surface area contributed by atoms with Gasteiger partial charge in [0, 0.05) is 0 Å². The lowest BCUT2D eigenvalue weighted by Crippen LogP contribution is -2.00. The summed E-state index contributed by atoms with van der Waals surface area (Å²) in [5.41, 5.74) is 0.894. The highest BCUT2D eigenvalue weighted by atomic mass is 32.1. The largest absolute Gasteiger partial charge is 0.490 e. The van der Waals surface area contributed by atoms with Crippen molar-refractivity contribution in [1.29, 1.82) is 0 Å². The molecule has 112 valence electrons. The van der Waals surface area contributed by atoms with E-state index in [0.717, 1.165) is 17.7 Å². The maximum absolute atomic E-state index is 5.66. The van der Waals surface area contributed by atoms with E-state index in [0.29, 0.717) is 23.7 Å². The molecule has 0 saturated heterocycles. The van der Waals surface area contributed by atoms with Gasteiger partial charge in [0.25, 0.3) is 0 Å². The first kappa shape index (κ1) is 15.2. The predicted octanol–water partition coefficient (Wildman–Crippen LogP) is 3.01. The molecule has 1 aromatic heterocycles. The molecule has 1 heterocycles. The quantitative estimate of drug-likeness (QED) is 0.631. The SMILES string of the molecule is CCCOc1ccc(/C=N/n2cn[nH]c2=S)cc1OCC. The molecule has 1 aromatic carbocycles. The molecule has 0 fully saturated rings. The molecular weight excluding hydrogens is 288 g/mol. The van der Waals surface area contributed by atoms with Crippen LogP contribution in [-0.2, 0) is 0 Å². The Morgan fingerprint density at radius 2 is 2.19 bits per heavy atom. The van der Waals surface area contributed by atoms with Crippen LogP contribution < -0.4 is 9.47 Å². The van der Waals surface area contributed by atoms with Crippen LogP contribution in [0.1, 0.15) is 25.8 Å². The van der Waals surface area contributed by atoms with Gasteiger partial charge in [-0.3, -0.25) is 5.10 Å². The van der Waals surface area contributed by atoms with E-state index in [4.69, 9.17) is 21.7 Å². The molecule has 0 saturated carbocycles. The Morgan fingerprint density at radius 3 is 2.86 bits per heavy atom. The fraction of sp³-hybridized carbons (Fsp3) is 0.357. The van der Waals surface area contributed by atoms with Gasteiger partial charge in [-0.25, -0.2) is 0 Å². The first-order chi connectivity index (χ1) is 10.2. The highest BCUT2D eigenvalue weighted by Crippen LogP contribution is 2.28. The van der Waals surface area contributed by atoms with Gasteiger partial charge in [-0.05, 0) is 49.3 Å². The molecule has 0 aliphatic heterocycles. The minimum absolute atomic E-state index is 0.444. The molecule has 0 amide bonds. The van der Waals surface area contributed by atoms with E-state index in [2.05, 4.69) is 22.2 Å². The molecule has 0 unspecified atom stereocenters. The van der Waals surface area contributed by atoms with Crippen LogP contribution in [0.25, 0.3) is 0 Å². The van der Waals surface area contributed by atoms with Crippen LogP contribution >= 0.6 is 12.2 Å². The van der Waals surface area contributed by atoms with Crippen LogP contribution in [0.3, 0.4) is 0 Å². The molecule has 0 atom stereocenters. The molecule has 0 aliphatic rings. The van der Waals surface area contributed by atoms with Crippen LogP contribution in [0.2, 0.25) is 0 Å². The Balaban J connectivity index is 2.20. The molecule has 21 heavy (non-hydrogen) atoms. The number of ether oxygens (including phenoxy) is 2. The highest BCUT2D eigenvalue weighted by Gasteiger charge is 2.05. The van der Waals surface area contributed by atoms with E-state index in [9.17, 15) is 0 Å². The predicted molar refractivity (Wildman–Crippen MR) is 83.8 cm³/mol. The van der Waals surface area contributed by atoms with Gasteiger partial charge in [0.05, 0.1) is 19.4 Å². The van der Waals surface area contributed by atoms with E-state index in [1.54, 1.807) is 6.21 Å². The Labute approximate surface area is 128 Å². The zero-order chi connectivity index (χ0) is 15.1. The minimum Gasteiger partial charge on any atom is -0.490 e. The molecule has 6 nitrogen and oxygen atoms in total. The Kier molecular flexibility index (Phi) is 5.51. The number of hydrogen-bond donors (Lipinski definition) is 1. The van der Waals surface area contributed by atoms with Gasteiger partial charge in [-0.15, -0.1) is 0 Å². The van der Waals surface area contributed by atoms with E-state index in [-0.39, 0.29) is 0 Å². The summed E-state index contributed by atoms with van der Waals surface area (Å²) in [4.78, 5) is 0. The molecule has 0 spiro atoms. The zero-order valence-electron chi connectivity index (χ0n) is 12.1. The third kappa shape index (κ3) is 4.16. The monoisotopic (exact) mass is 306 g/mol. The summed E-state index contributed by atoms with van der Waals surface area (Å²) in [6, 6.07) is 5.69. The third-order valence-electron chi connectivity index (χ3n) is 2.60. The molecule has 0 bridgehead atoms. The molecule has 1 N–H and O–H groups in total. The molecule has 2 rings (SSSR count). The third-order valence-corrected chi connectivity index (χ3v) is 2.87. The topological polar surface area (TPSA) is 64.4 Å². The number of H-pyrrole nitrogens is 1. The number of hydrogen-bond acceptors (Lipinski definition) is 5. The number of nitrogens with one attached hydrogen (secondary N) is 1. The minimum atomic E-state index is 0.444. The van der Waals surface area contributed by atoms with E-state index < -0.39 is 0 Å².